The van der Waals surface area contributed by atoms with E-state index in [1.165, 1.54) is 11.6 Å². The molecular weight excluding hydrogens is 488 g/mol. The van der Waals surface area contributed by atoms with Gasteiger partial charge in [0.05, 0.1) is 11.4 Å². The lowest BCUT2D eigenvalue weighted by atomic mass is 10.0. The summed E-state index contributed by atoms with van der Waals surface area (Å²) >= 11 is 6.14. The smallest absolute Gasteiger partial charge is 0.293 e. The highest BCUT2D eigenvalue weighted by molar-refractivity contribution is 6.29. The minimum Gasteiger partial charge on any atom is -0.463 e. The molecule has 0 radical (unpaired) electrons. The van der Waals surface area contributed by atoms with E-state index in [-0.39, 0.29) is 5.43 Å². The fourth-order valence-electron chi connectivity index (χ4n) is 3.76. The zero-order valence-electron chi connectivity index (χ0n) is 20.7. The number of H-pyrrole nitrogens is 1. The maximum absolute atomic E-state index is 12.4. The maximum Gasteiger partial charge on any atom is 0.293 e. The van der Waals surface area contributed by atoms with Crippen molar-refractivity contribution in [3.8, 4) is 22.5 Å². The molecule has 3 aromatic heterocycles. The lowest BCUT2D eigenvalue weighted by molar-refractivity contribution is -0.129. The molecule has 5 rings (SSSR count). The van der Waals surface area contributed by atoms with E-state index < -0.39 is 0 Å². The van der Waals surface area contributed by atoms with Gasteiger partial charge < -0.3 is 9.72 Å². The normalized spacial score (nSPS) is 10.5. The van der Waals surface area contributed by atoms with Gasteiger partial charge in [0.15, 0.2) is 11.2 Å². The number of aryl methyl sites for hydroxylation is 3. The second kappa shape index (κ2) is 11.6. The van der Waals surface area contributed by atoms with Gasteiger partial charge >= 0.3 is 0 Å². The van der Waals surface area contributed by atoms with Crippen LogP contribution in [0.2, 0.25) is 5.15 Å². The van der Waals surface area contributed by atoms with Crippen molar-refractivity contribution >= 4 is 29.2 Å². The average Bonchev–Trinajstić information content (AvgIpc) is 2.88. The number of carbonyl (C=O) groups is 1. The third-order valence-corrected chi connectivity index (χ3v) is 5.67. The number of nitrogens with one attached hydrogen (secondary N) is 1. The van der Waals surface area contributed by atoms with Gasteiger partial charge in [0.25, 0.3) is 6.47 Å². The molecule has 0 atom stereocenters. The Kier molecular flexibility index (Phi) is 8.05. The number of hydrogen-bond donors (Lipinski definition) is 1. The van der Waals surface area contributed by atoms with Crippen LogP contribution < -0.4 is 5.43 Å². The first-order chi connectivity index (χ1) is 17.8. The van der Waals surface area contributed by atoms with Crippen LogP contribution in [0.4, 0.5) is 0 Å². The van der Waals surface area contributed by atoms with Gasteiger partial charge in [-0.2, -0.15) is 0 Å². The standard InChI is InChI=1S/C20H15ClN4O.C9H10O2/c1-11-8-14(10-16(21)22-11)18-17(13-6-4-3-5-7-13)25-20-19(24-18)15(26)9-12(2)23-20;1-8-2-4-9(5-3-8)6-11-7-10/h3-10H,1-2H3,(H,23,25,26);2-5,7H,6H2,1H3. The molecule has 0 spiro atoms. The van der Waals surface area contributed by atoms with Gasteiger partial charge in [0.1, 0.15) is 11.8 Å². The first-order valence-corrected chi connectivity index (χ1v) is 11.9. The summed E-state index contributed by atoms with van der Waals surface area (Å²) in [4.78, 5) is 38.9. The number of rotatable bonds is 5. The van der Waals surface area contributed by atoms with Gasteiger partial charge in [0.2, 0.25) is 5.43 Å². The Hall–Kier alpha value is -4.36. The molecule has 1 N–H and O–H groups in total. The van der Waals surface area contributed by atoms with Crippen LogP contribution in [-0.2, 0) is 16.1 Å². The second-order valence-electron chi connectivity index (χ2n) is 8.51. The van der Waals surface area contributed by atoms with E-state index in [2.05, 4.69) is 19.7 Å². The number of nitrogens with zero attached hydrogens (tertiary/aromatic N) is 3. The fourth-order valence-corrected chi connectivity index (χ4v) is 4.01. The van der Waals surface area contributed by atoms with Crippen molar-refractivity contribution < 1.29 is 9.53 Å². The first kappa shape index (κ1) is 25.7. The zero-order valence-corrected chi connectivity index (χ0v) is 21.4. The average molecular weight is 513 g/mol. The number of hydrogen-bond acceptors (Lipinski definition) is 6. The molecule has 0 aliphatic carbocycles. The van der Waals surface area contributed by atoms with E-state index in [9.17, 15) is 9.59 Å². The van der Waals surface area contributed by atoms with Crippen molar-refractivity contribution in [2.24, 2.45) is 0 Å². The highest BCUT2D eigenvalue weighted by atomic mass is 35.5. The Bertz CT molecular complexity index is 1580. The highest BCUT2D eigenvalue weighted by Gasteiger charge is 2.16. The van der Waals surface area contributed by atoms with E-state index in [1.807, 2.05) is 81.4 Å². The molecule has 0 bridgehead atoms. The van der Waals surface area contributed by atoms with Crippen molar-refractivity contribution in [2.45, 2.75) is 27.4 Å². The summed E-state index contributed by atoms with van der Waals surface area (Å²) in [6.45, 7) is 6.53. The summed E-state index contributed by atoms with van der Waals surface area (Å²) in [6.07, 6.45) is 0. The summed E-state index contributed by atoms with van der Waals surface area (Å²) in [7, 11) is 0. The van der Waals surface area contributed by atoms with Crippen LogP contribution >= 0.6 is 11.6 Å². The zero-order chi connectivity index (χ0) is 26.4. The van der Waals surface area contributed by atoms with Crippen LogP contribution in [0, 0.1) is 20.8 Å². The molecule has 0 saturated heterocycles. The number of aromatic amines is 1. The number of pyridine rings is 2. The molecule has 3 heterocycles. The Morgan fingerprint density at radius 2 is 1.57 bits per heavy atom. The Balaban J connectivity index is 0.000000245. The van der Waals surface area contributed by atoms with E-state index in [0.29, 0.717) is 40.8 Å². The van der Waals surface area contributed by atoms with Crippen LogP contribution in [0.5, 0.6) is 0 Å². The van der Waals surface area contributed by atoms with Gasteiger partial charge in [-0.05, 0) is 38.5 Å². The van der Waals surface area contributed by atoms with Crippen molar-refractivity contribution in [1.29, 1.82) is 0 Å². The van der Waals surface area contributed by atoms with Crippen molar-refractivity contribution in [2.75, 3.05) is 0 Å². The number of aromatic nitrogens is 4. The van der Waals surface area contributed by atoms with Crippen LogP contribution in [0.15, 0.2) is 77.6 Å². The molecule has 186 valence electrons. The second-order valence-corrected chi connectivity index (χ2v) is 8.90. The van der Waals surface area contributed by atoms with E-state index in [1.54, 1.807) is 6.07 Å². The van der Waals surface area contributed by atoms with E-state index in [4.69, 9.17) is 16.6 Å². The summed E-state index contributed by atoms with van der Waals surface area (Å²) in [5, 5.41) is 0.374. The van der Waals surface area contributed by atoms with Crippen molar-refractivity contribution in [3.05, 3.63) is 111 Å². The Labute approximate surface area is 219 Å². The number of halogens is 1. The third-order valence-electron chi connectivity index (χ3n) is 5.47. The Morgan fingerprint density at radius 1 is 0.865 bits per heavy atom. The monoisotopic (exact) mass is 512 g/mol. The summed E-state index contributed by atoms with van der Waals surface area (Å²) in [5.41, 5.74) is 7.30. The largest absolute Gasteiger partial charge is 0.463 e. The molecule has 37 heavy (non-hydrogen) atoms. The number of ether oxygens (including phenoxy) is 1. The Morgan fingerprint density at radius 3 is 2.24 bits per heavy atom. The minimum absolute atomic E-state index is 0.165. The highest BCUT2D eigenvalue weighted by Crippen LogP contribution is 2.31. The van der Waals surface area contributed by atoms with Crippen molar-refractivity contribution in [1.82, 2.24) is 19.9 Å². The summed E-state index contributed by atoms with van der Waals surface area (Å²) < 4.78 is 4.58. The number of carbonyl (C=O) groups excluding carboxylic acids is 1. The molecule has 0 aliphatic rings. The molecule has 0 aliphatic heterocycles. The molecule has 0 fully saturated rings. The van der Waals surface area contributed by atoms with Crippen LogP contribution in [0.25, 0.3) is 33.7 Å². The van der Waals surface area contributed by atoms with Gasteiger partial charge in [-0.3, -0.25) is 9.59 Å². The number of benzene rings is 2. The van der Waals surface area contributed by atoms with Gasteiger partial charge in [0, 0.05) is 28.6 Å². The predicted octanol–water partition coefficient (Wildman–Crippen LogP) is 5.99. The first-order valence-electron chi connectivity index (χ1n) is 11.6. The molecule has 0 amide bonds. The lowest BCUT2D eigenvalue weighted by Gasteiger charge is -2.11. The number of fused-ring (bicyclic) bond motifs is 1. The molecule has 0 saturated carbocycles. The van der Waals surface area contributed by atoms with Gasteiger partial charge in [-0.1, -0.05) is 71.8 Å². The SMILES string of the molecule is Cc1cc(-c2nc3c(=O)cc(C)[nH]c3nc2-c2ccccc2)cc(Cl)n1.Cc1ccc(COC=O)cc1. The van der Waals surface area contributed by atoms with Gasteiger partial charge in [-0.15, -0.1) is 0 Å². The molecule has 7 nitrogen and oxygen atoms in total. The predicted molar refractivity (Wildman–Crippen MR) is 145 cm³/mol. The quantitative estimate of drug-likeness (QED) is 0.229. The molecule has 8 heteroatoms. The topological polar surface area (TPSA) is 97.8 Å². The summed E-state index contributed by atoms with van der Waals surface area (Å²) in [5.74, 6) is 0. The third kappa shape index (κ3) is 6.45. The molecule has 2 aromatic carbocycles. The lowest BCUT2D eigenvalue weighted by Crippen LogP contribution is -2.08. The summed E-state index contributed by atoms with van der Waals surface area (Å²) in [6, 6.07) is 22.8. The van der Waals surface area contributed by atoms with Crippen LogP contribution in [0.1, 0.15) is 22.5 Å². The van der Waals surface area contributed by atoms with Gasteiger partial charge in [-0.25, -0.2) is 15.0 Å². The molecule has 0 unspecified atom stereocenters. The van der Waals surface area contributed by atoms with Crippen molar-refractivity contribution in [3.63, 3.8) is 0 Å². The van der Waals surface area contributed by atoms with E-state index >= 15 is 0 Å². The van der Waals surface area contributed by atoms with E-state index in [0.717, 1.165) is 28.1 Å². The maximum atomic E-state index is 12.4. The fraction of sp³-hybridized carbons (Fsp3) is 0.138. The van der Waals surface area contributed by atoms with Crippen LogP contribution in [0.3, 0.4) is 0 Å². The minimum atomic E-state index is -0.165. The molecule has 5 aromatic rings. The van der Waals surface area contributed by atoms with Crippen LogP contribution in [-0.4, -0.2) is 26.4 Å². The molecular formula is C29H25ClN4O3.